The quantitative estimate of drug-likeness (QED) is 0.832. The minimum Gasteiger partial charge on any atom is -0.388 e. The van der Waals surface area contributed by atoms with Gasteiger partial charge in [0.1, 0.15) is 10.7 Å². The van der Waals surface area contributed by atoms with Gasteiger partial charge in [0.2, 0.25) is 5.95 Å². The molecule has 2 rings (SSSR count). The van der Waals surface area contributed by atoms with Gasteiger partial charge in [-0.2, -0.15) is 0 Å². The van der Waals surface area contributed by atoms with Gasteiger partial charge in [-0.05, 0) is 37.7 Å². The van der Waals surface area contributed by atoms with Crippen LogP contribution in [0.25, 0.3) is 0 Å². The Hall–Kier alpha value is -1.23. The number of rotatable bonds is 3. The second kappa shape index (κ2) is 5.41. The molecule has 1 unspecified atom stereocenters. The second-order valence-corrected chi connectivity index (χ2v) is 6.62. The van der Waals surface area contributed by atoms with Gasteiger partial charge in [0, 0.05) is 11.7 Å². The highest BCUT2D eigenvalue weighted by atomic mass is 32.1. The summed E-state index contributed by atoms with van der Waals surface area (Å²) in [6.45, 7) is 6.57. The molecule has 0 radical (unpaired) electrons. The van der Waals surface area contributed by atoms with Gasteiger partial charge in [-0.3, -0.25) is 0 Å². The first-order valence-electron chi connectivity index (χ1n) is 6.78. The van der Waals surface area contributed by atoms with Gasteiger partial charge in [0.25, 0.3) is 0 Å². The van der Waals surface area contributed by atoms with E-state index < -0.39 is 0 Å². The van der Waals surface area contributed by atoms with E-state index in [1.807, 2.05) is 13.0 Å². The first-order chi connectivity index (χ1) is 8.85. The Bertz CT molecular complexity index is 484. The number of aryl methyl sites for hydroxylation is 1. The van der Waals surface area contributed by atoms with Gasteiger partial charge in [-0.1, -0.05) is 32.5 Å². The molecule has 0 amide bonds. The minimum atomic E-state index is 0.317. The van der Waals surface area contributed by atoms with E-state index in [1.54, 1.807) is 0 Å². The van der Waals surface area contributed by atoms with Crippen LogP contribution in [-0.4, -0.2) is 21.0 Å². The molecule has 0 saturated heterocycles. The monoisotopic (exact) mass is 278 g/mol. The van der Waals surface area contributed by atoms with E-state index >= 15 is 0 Å². The number of nitrogens with one attached hydrogen (secondary N) is 1. The lowest BCUT2D eigenvalue weighted by atomic mass is 9.75. The normalized spacial score (nSPS) is 21.9. The van der Waals surface area contributed by atoms with Gasteiger partial charge >= 0.3 is 0 Å². The fraction of sp³-hybridized carbons (Fsp3) is 0.643. The number of anilines is 1. The molecular weight excluding hydrogens is 256 g/mol. The number of thiocarbonyl (C=S) groups is 1. The third kappa shape index (κ3) is 3.86. The lowest BCUT2D eigenvalue weighted by Crippen LogP contribution is -2.32. The molecule has 1 fully saturated rings. The van der Waals surface area contributed by atoms with Crippen LogP contribution in [0.2, 0.25) is 0 Å². The van der Waals surface area contributed by atoms with Crippen molar-refractivity contribution in [3.63, 3.8) is 0 Å². The van der Waals surface area contributed by atoms with E-state index in [0.717, 1.165) is 12.1 Å². The summed E-state index contributed by atoms with van der Waals surface area (Å²) in [6, 6.07) is 2.25. The minimum absolute atomic E-state index is 0.317. The van der Waals surface area contributed by atoms with Crippen LogP contribution >= 0.6 is 12.2 Å². The molecule has 0 aromatic carbocycles. The van der Waals surface area contributed by atoms with Crippen LogP contribution in [-0.2, 0) is 0 Å². The van der Waals surface area contributed by atoms with Gasteiger partial charge in [-0.25, -0.2) is 9.97 Å². The van der Waals surface area contributed by atoms with Crippen molar-refractivity contribution in [1.29, 1.82) is 0 Å². The highest BCUT2D eigenvalue weighted by molar-refractivity contribution is 7.80. The fourth-order valence-electron chi connectivity index (χ4n) is 2.76. The Morgan fingerprint density at radius 2 is 2.21 bits per heavy atom. The van der Waals surface area contributed by atoms with E-state index in [4.69, 9.17) is 18.0 Å². The summed E-state index contributed by atoms with van der Waals surface area (Å²) in [7, 11) is 0. The SMILES string of the molecule is Cc1cc(C(N)=S)nc(NC2CCCC(C)(C)C2)n1. The summed E-state index contributed by atoms with van der Waals surface area (Å²) in [6.07, 6.45) is 4.85. The lowest BCUT2D eigenvalue weighted by molar-refractivity contribution is 0.229. The molecule has 1 atom stereocenters. The van der Waals surface area contributed by atoms with Gasteiger partial charge in [0.05, 0.1) is 0 Å². The smallest absolute Gasteiger partial charge is 0.223 e. The zero-order valence-corrected chi connectivity index (χ0v) is 12.7. The number of hydrogen-bond donors (Lipinski definition) is 2. The van der Waals surface area contributed by atoms with Crippen LogP contribution in [0.4, 0.5) is 5.95 Å². The van der Waals surface area contributed by atoms with Crippen LogP contribution in [0.5, 0.6) is 0 Å². The van der Waals surface area contributed by atoms with Crippen LogP contribution in [0, 0.1) is 12.3 Å². The molecule has 19 heavy (non-hydrogen) atoms. The van der Waals surface area contributed by atoms with Crippen molar-refractivity contribution in [2.75, 3.05) is 5.32 Å². The van der Waals surface area contributed by atoms with E-state index in [-0.39, 0.29) is 0 Å². The summed E-state index contributed by atoms with van der Waals surface area (Å²) >= 11 is 4.98. The molecule has 0 bridgehead atoms. The molecule has 1 aromatic rings. The Labute approximate surface area is 120 Å². The van der Waals surface area contributed by atoms with Crippen molar-refractivity contribution in [1.82, 2.24) is 9.97 Å². The van der Waals surface area contributed by atoms with Crippen molar-refractivity contribution >= 4 is 23.2 Å². The standard InChI is InChI=1S/C14H22N4S/c1-9-7-11(12(15)19)18-13(16-9)17-10-5-4-6-14(2,3)8-10/h7,10H,4-6,8H2,1-3H3,(H2,15,19)(H,16,17,18). The van der Waals surface area contributed by atoms with Crippen molar-refractivity contribution < 1.29 is 0 Å². The van der Waals surface area contributed by atoms with E-state index in [2.05, 4.69) is 29.1 Å². The molecule has 0 aliphatic heterocycles. The van der Waals surface area contributed by atoms with Gasteiger partial charge in [0.15, 0.2) is 0 Å². The third-order valence-corrected chi connectivity index (χ3v) is 3.85. The zero-order chi connectivity index (χ0) is 14.0. The topological polar surface area (TPSA) is 63.8 Å². The maximum absolute atomic E-state index is 5.64. The molecule has 104 valence electrons. The Morgan fingerprint density at radius 1 is 1.47 bits per heavy atom. The Balaban J connectivity index is 2.12. The average Bonchev–Trinajstić information content (AvgIpc) is 2.26. The third-order valence-electron chi connectivity index (χ3n) is 3.65. The first-order valence-corrected chi connectivity index (χ1v) is 7.19. The molecule has 1 saturated carbocycles. The van der Waals surface area contributed by atoms with Gasteiger partial charge in [-0.15, -0.1) is 0 Å². The Morgan fingerprint density at radius 3 is 2.84 bits per heavy atom. The average molecular weight is 278 g/mol. The number of nitrogens with zero attached hydrogens (tertiary/aromatic N) is 2. The van der Waals surface area contributed by atoms with Crippen molar-refractivity contribution in [3.8, 4) is 0 Å². The maximum Gasteiger partial charge on any atom is 0.223 e. The predicted octanol–water partition coefficient (Wildman–Crippen LogP) is 2.80. The molecule has 1 aromatic heterocycles. The second-order valence-electron chi connectivity index (χ2n) is 6.18. The van der Waals surface area contributed by atoms with Crippen LogP contribution < -0.4 is 11.1 Å². The molecule has 1 aliphatic rings. The largest absolute Gasteiger partial charge is 0.388 e. The molecule has 4 nitrogen and oxygen atoms in total. The van der Waals surface area contributed by atoms with Gasteiger partial charge < -0.3 is 11.1 Å². The summed E-state index contributed by atoms with van der Waals surface area (Å²) < 4.78 is 0. The summed E-state index contributed by atoms with van der Waals surface area (Å²) in [4.78, 5) is 9.12. The molecule has 5 heteroatoms. The van der Waals surface area contributed by atoms with E-state index in [9.17, 15) is 0 Å². The summed E-state index contributed by atoms with van der Waals surface area (Å²) in [5.74, 6) is 0.644. The zero-order valence-electron chi connectivity index (χ0n) is 11.9. The molecule has 1 aliphatic carbocycles. The Kier molecular flexibility index (Phi) is 4.04. The molecule has 3 N–H and O–H groups in total. The van der Waals surface area contributed by atoms with E-state index in [1.165, 1.54) is 19.3 Å². The van der Waals surface area contributed by atoms with Crippen LogP contribution in [0.3, 0.4) is 0 Å². The lowest BCUT2D eigenvalue weighted by Gasteiger charge is -2.35. The highest BCUT2D eigenvalue weighted by Gasteiger charge is 2.28. The van der Waals surface area contributed by atoms with Crippen LogP contribution in [0.1, 0.15) is 50.9 Å². The summed E-state index contributed by atoms with van der Waals surface area (Å²) in [5.41, 5.74) is 7.56. The number of aromatic nitrogens is 2. The number of hydrogen-bond acceptors (Lipinski definition) is 4. The van der Waals surface area contributed by atoms with Crippen molar-refractivity contribution in [3.05, 3.63) is 17.5 Å². The fourth-order valence-corrected chi connectivity index (χ4v) is 2.87. The highest BCUT2D eigenvalue weighted by Crippen LogP contribution is 2.36. The van der Waals surface area contributed by atoms with E-state index in [0.29, 0.717) is 28.1 Å². The molecular formula is C14H22N4S. The molecule has 1 heterocycles. The predicted molar refractivity (Wildman–Crippen MR) is 82.3 cm³/mol. The first kappa shape index (κ1) is 14.2. The maximum atomic E-state index is 5.64. The summed E-state index contributed by atoms with van der Waals surface area (Å²) in [5, 5.41) is 3.44. The molecule has 0 spiro atoms. The van der Waals surface area contributed by atoms with Crippen molar-refractivity contribution in [2.45, 2.75) is 52.5 Å². The number of nitrogens with two attached hydrogens (primary N) is 1. The van der Waals surface area contributed by atoms with Crippen LogP contribution in [0.15, 0.2) is 6.07 Å². The van der Waals surface area contributed by atoms with Crippen molar-refractivity contribution in [2.24, 2.45) is 11.1 Å².